The van der Waals surface area contributed by atoms with Crippen LogP contribution in [0.2, 0.25) is 14.8 Å². The van der Waals surface area contributed by atoms with Crippen molar-refractivity contribution in [3.8, 4) is 0 Å². The van der Waals surface area contributed by atoms with Crippen LogP contribution in [0.3, 0.4) is 0 Å². The SMILES string of the molecule is C[C@@H]1CN(c2ccc[c]([Sn]([CH3])([CH3])[CH3])n2)CCN1C(=O)OC(C)(C)C. The Morgan fingerprint density at radius 2 is 1.92 bits per heavy atom. The van der Waals surface area contributed by atoms with Gasteiger partial charge in [-0.1, -0.05) is 0 Å². The number of amides is 1. The summed E-state index contributed by atoms with van der Waals surface area (Å²) in [4.78, 5) is 28.5. The first kappa shape index (κ1) is 19.3. The molecule has 1 fully saturated rings. The molecule has 2 heterocycles. The summed E-state index contributed by atoms with van der Waals surface area (Å²) < 4.78 is 6.81. The first-order valence-electron chi connectivity index (χ1n) is 8.69. The van der Waals surface area contributed by atoms with Crippen LogP contribution < -0.4 is 8.61 Å². The molecule has 0 aliphatic carbocycles. The van der Waals surface area contributed by atoms with Crippen molar-refractivity contribution in [1.82, 2.24) is 9.88 Å². The van der Waals surface area contributed by atoms with Gasteiger partial charge in [0.05, 0.1) is 0 Å². The van der Waals surface area contributed by atoms with Crippen molar-refractivity contribution in [2.75, 3.05) is 24.5 Å². The Bertz CT molecular complexity index is 593. The van der Waals surface area contributed by atoms with Crippen LogP contribution in [0.1, 0.15) is 27.7 Å². The topological polar surface area (TPSA) is 45.7 Å². The Morgan fingerprint density at radius 1 is 1.25 bits per heavy atom. The van der Waals surface area contributed by atoms with E-state index in [0.717, 1.165) is 18.9 Å². The van der Waals surface area contributed by atoms with Crippen LogP contribution in [0.4, 0.5) is 10.6 Å². The van der Waals surface area contributed by atoms with E-state index in [-0.39, 0.29) is 12.1 Å². The fourth-order valence-electron chi connectivity index (χ4n) is 2.77. The van der Waals surface area contributed by atoms with E-state index in [9.17, 15) is 4.79 Å². The monoisotopic (exact) mass is 441 g/mol. The molecule has 1 amide bonds. The number of rotatable bonds is 2. The van der Waals surface area contributed by atoms with Crippen LogP contribution in [-0.4, -0.2) is 65.6 Å². The van der Waals surface area contributed by atoms with Gasteiger partial charge in [0, 0.05) is 0 Å². The summed E-state index contributed by atoms with van der Waals surface area (Å²) in [6.07, 6.45) is -0.220. The van der Waals surface area contributed by atoms with Gasteiger partial charge in [-0.05, 0) is 0 Å². The molecule has 134 valence electrons. The van der Waals surface area contributed by atoms with Crippen molar-refractivity contribution in [3.63, 3.8) is 0 Å². The molecule has 0 bridgehead atoms. The number of pyridine rings is 1. The Hall–Kier alpha value is -0.981. The zero-order valence-corrected chi connectivity index (χ0v) is 18.9. The third-order valence-corrected chi connectivity index (χ3v) is 9.26. The predicted octanol–water partition coefficient (Wildman–Crippen LogP) is 3.07. The standard InChI is InChI=1S/C15H22N3O2.3CH3.Sn/c1-12-11-17(13-7-5-6-8-16-13)9-10-18(12)14(19)20-15(2,3)4;;;;/h5-7,12H,9-11H2,1-4H3;3*1H3;/t12-;;;;/m1..../s1. The van der Waals surface area contributed by atoms with Crippen molar-refractivity contribution in [2.24, 2.45) is 0 Å². The molecule has 5 nitrogen and oxygen atoms in total. The van der Waals surface area contributed by atoms with Gasteiger partial charge in [0.15, 0.2) is 0 Å². The molecule has 1 aliphatic heterocycles. The van der Waals surface area contributed by atoms with Gasteiger partial charge in [0.25, 0.3) is 0 Å². The second kappa shape index (κ2) is 7.10. The van der Waals surface area contributed by atoms with Crippen molar-refractivity contribution >= 4 is 34.0 Å². The number of hydrogen-bond acceptors (Lipinski definition) is 4. The summed E-state index contributed by atoms with van der Waals surface area (Å²) in [5, 5.41) is 0. The zero-order valence-electron chi connectivity index (χ0n) is 16.1. The molecule has 1 aliphatic rings. The molecule has 2 rings (SSSR count). The number of aromatic nitrogens is 1. The third kappa shape index (κ3) is 5.01. The normalized spacial score (nSPS) is 19.4. The fraction of sp³-hybridized carbons (Fsp3) is 0.667. The quantitative estimate of drug-likeness (QED) is 0.664. The first-order chi connectivity index (χ1) is 11.0. The van der Waals surface area contributed by atoms with Crippen LogP contribution >= 0.6 is 0 Å². The Labute approximate surface area is 150 Å². The summed E-state index contributed by atoms with van der Waals surface area (Å²) in [6, 6.07) is 6.47. The summed E-state index contributed by atoms with van der Waals surface area (Å²) in [5.41, 5.74) is -0.455. The summed E-state index contributed by atoms with van der Waals surface area (Å²) >= 11 is -2.17. The number of anilines is 1. The van der Waals surface area contributed by atoms with Crippen LogP contribution in [0.5, 0.6) is 0 Å². The van der Waals surface area contributed by atoms with E-state index in [1.54, 1.807) is 0 Å². The molecule has 1 saturated heterocycles. The van der Waals surface area contributed by atoms with Gasteiger partial charge >= 0.3 is 150 Å². The number of carbonyl (C=O) groups is 1. The Morgan fingerprint density at radius 3 is 2.46 bits per heavy atom. The van der Waals surface area contributed by atoms with Crippen LogP contribution in [0.25, 0.3) is 0 Å². The summed E-state index contributed by atoms with van der Waals surface area (Å²) in [7, 11) is 0. The van der Waals surface area contributed by atoms with E-state index in [4.69, 9.17) is 9.72 Å². The molecule has 6 heteroatoms. The van der Waals surface area contributed by atoms with E-state index < -0.39 is 24.0 Å². The molecule has 1 atom stereocenters. The second-order valence-electron chi connectivity index (χ2n) is 8.60. The Kier molecular flexibility index (Phi) is 5.72. The van der Waals surface area contributed by atoms with E-state index in [1.807, 2.05) is 25.7 Å². The Balaban J connectivity index is 2.07. The van der Waals surface area contributed by atoms with Crippen molar-refractivity contribution < 1.29 is 9.53 Å². The number of ether oxygens (including phenoxy) is 1. The second-order valence-corrected chi connectivity index (χ2v) is 22.9. The number of carbonyl (C=O) groups excluding carboxylic acids is 1. The average molecular weight is 440 g/mol. The molecular formula is C18H31N3O2Sn. The fourth-order valence-corrected chi connectivity index (χ4v) is 5.76. The van der Waals surface area contributed by atoms with Gasteiger partial charge in [-0.25, -0.2) is 0 Å². The van der Waals surface area contributed by atoms with E-state index >= 15 is 0 Å². The van der Waals surface area contributed by atoms with E-state index in [1.165, 1.54) is 3.71 Å². The number of hydrogen-bond donors (Lipinski definition) is 0. The number of nitrogens with zero attached hydrogens (tertiary/aromatic N) is 3. The minimum atomic E-state index is -2.17. The molecule has 0 unspecified atom stereocenters. The number of piperazine rings is 1. The molecular weight excluding hydrogens is 409 g/mol. The molecule has 0 saturated carbocycles. The van der Waals surface area contributed by atoms with Crippen LogP contribution in [0, 0.1) is 0 Å². The van der Waals surface area contributed by atoms with Gasteiger partial charge in [-0.2, -0.15) is 0 Å². The van der Waals surface area contributed by atoms with Gasteiger partial charge in [-0.15, -0.1) is 0 Å². The molecule has 0 aromatic carbocycles. The third-order valence-electron chi connectivity index (χ3n) is 4.08. The molecule has 1 aromatic heterocycles. The van der Waals surface area contributed by atoms with Crippen LogP contribution in [-0.2, 0) is 4.74 Å². The zero-order chi connectivity index (χ0) is 18.1. The molecule has 24 heavy (non-hydrogen) atoms. The van der Waals surface area contributed by atoms with Gasteiger partial charge < -0.3 is 0 Å². The van der Waals surface area contributed by atoms with Gasteiger partial charge in [-0.3, -0.25) is 0 Å². The maximum absolute atomic E-state index is 12.3. The molecule has 0 radical (unpaired) electrons. The summed E-state index contributed by atoms with van der Waals surface area (Å²) in [5.74, 6) is 1.04. The minimum absolute atomic E-state index is 0.109. The van der Waals surface area contributed by atoms with Crippen molar-refractivity contribution in [2.45, 2.75) is 54.2 Å². The molecule has 0 spiro atoms. The van der Waals surface area contributed by atoms with E-state index in [2.05, 4.69) is 44.8 Å². The van der Waals surface area contributed by atoms with Crippen molar-refractivity contribution in [1.29, 1.82) is 0 Å². The molecule has 0 N–H and O–H groups in total. The molecule has 1 aromatic rings. The van der Waals surface area contributed by atoms with E-state index in [0.29, 0.717) is 6.54 Å². The maximum atomic E-state index is 12.3. The van der Waals surface area contributed by atoms with Crippen LogP contribution in [0.15, 0.2) is 18.2 Å². The average Bonchev–Trinajstić information content (AvgIpc) is 2.44. The predicted molar refractivity (Wildman–Crippen MR) is 102 cm³/mol. The van der Waals surface area contributed by atoms with Gasteiger partial charge in [0.2, 0.25) is 0 Å². The van der Waals surface area contributed by atoms with Crippen molar-refractivity contribution in [3.05, 3.63) is 18.2 Å². The summed E-state index contributed by atoms with van der Waals surface area (Å²) in [6.45, 7) is 10.0. The van der Waals surface area contributed by atoms with Gasteiger partial charge in [0.1, 0.15) is 0 Å². The first-order valence-corrected chi connectivity index (χ1v) is 18.7.